The molecule has 1 amide bonds. The molecule has 2 atom stereocenters. The number of hydrogen-bond acceptors (Lipinski definition) is 3. The maximum absolute atomic E-state index is 11.4. The molecule has 0 aliphatic rings. The number of rotatable bonds is 4. The van der Waals surface area contributed by atoms with Crippen LogP contribution in [0.5, 0.6) is 0 Å². The van der Waals surface area contributed by atoms with Gasteiger partial charge < -0.3 is 15.4 Å². The highest BCUT2D eigenvalue weighted by molar-refractivity contribution is 5.68. The fourth-order valence-electron chi connectivity index (χ4n) is 1.40. The van der Waals surface area contributed by atoms with Crippen LogP contribution in [0.4, 0.5) is 4.79 Å². The molecule has 4 nitrogen and oxygen atoms in total. The summed E-state index contributed by atoms with van der Waals surface area (Å²) < 4.78 is 5.17. The molecule has 0 aliphatic heterocycles. The van der Waals surface area contributed by atoms with E-state index in [-0.39, 0.29) is 18.2 Å². The number of amides is 1. The summed E-state index contributed by atoms with van der Waals surface area (Å²) in [5.41, 5.74) is -0.439. The molecule has 0 fully saturated rings. The second kappa shape index (κ2) is 5.95. The Morgan fingerprint density at radius 3 is 2.27 bits per heavy atom. The molecule has 0 aromatic heterocycles. The van der Waals surface area contributed by atoms with E-state index >= 15 is 0 Å². The summed E-state index contributed by atoms with van der Waals surface area (Å²) in [6.07, 6.45) is 0.608. The number of ether oxygens (including phenoxy) is 1. The highest BCUT2D eigenvalue weighted by atomic mass is 16.6. The molecule has 15 heavy (non-hydrogen) atoms. The average molecular weight is 216 g/mol. The number of likely N-dealkylation sites (N-methyl/N-ethyl adjacent to an activating group) is 1. The smallest absolute Gasteiger partial charge is 0.407 e. The first-order valence-electron chi connectivity index (χ1n) is 5.47. The zero-order valence-corrected chi connectivity index (χ0v) is 10.7. The van der Waals surface area contributed by atoms with Crippen molar-refractivity contribution < 1.29 is 9.53 Å². The van der Waals surface area contributed by atoms with Gasteiger partial charge in [-0.15, -0.1) is 0 Å². The Balaban J connectivity index is 4.06. The highest BCUT2D eigenvalue weighted by Gasteiger charge is 2.20. The predicted octanol–water partition coefficient (Wildman–Crippen LogP) is 1.90. The van der Waals surface area contributed by atoms with Crippen LogP contribution < -0.4 is 10.6 Å². The van der Waals surface area contributed by atoms with Gasteiger partial charge in [-0.2, -0.15) is 0 Å². The van der Waals surface area contributed by atoms with Crippen LogP contribution in [-0.2, 0) is 4.74 Å². The van der Waals surface area contributed by atoms with Crippen LogP contribution in [0.25, 0.3) is 0 Å². The predicted molar refractivity (Wildman–Crippen MR) is 62.0 cm³/mol. The van der Waals surface area contributed by atoms with E-state index in [9.17, 15) is 4.79 Å². The van der Waals surface area contributed by atoms with Gasteiger partial charge in [0.1, 0.15) is 5.60 Å². The third-order valence-corrected chi connectivity index (χ3v) is 2.16. The SMILES string of the molecule is CCC(NC)[C@H](C)NC(=O)OC(C)(C)C. The summed E-state index contributed by atoms with van der Waals surface area (Å²) in [6, 6.07) is 0.340. The van der Waals surface area contributed by atoms with Crippen LogP contribution in [0, 0.1) is 0 Å². The van der Waals surface area contributed by atoms with Crippen LogP contribution >= 0.6 is 0 Å². The van der Waals surface area contributed by atoms with E-state index < -0.39 is 5.60 Å². The fraction of sp³-hybridized carbons (Fsp3) is 0.909. The van der Waals surface area contributed by atoms with Crippen molar-refractivity contribution in [2.24, 2.45) is 0 Å². The van der Waals surface area contributed by atoms with Crippen molar-refractivity contribution >= 4 is 6.09 Å². The van der Waals surface area contributed by atoms with E-state index in [0.717, 1.165) is 6.42 Å². The first-order chi connectivity index (χ1) is 6.80. The third kappa shape index (κ3) is 6.33. The lowest BCUT2D eigenvalue weighted by Gasteiger charge is -2.26. The van der Waals surface area contributed by atoms with Crippen LogP contribution in [0.3, 0.4) is 0 Å². The molecule has 0 saturated carbocycles. The third-order valence-electron chi connectivity index (χ3n) is 2.16. The molecule has 0 aromatic rings. The summed E-state index contributed by atoms with van der Waals surface area (Å²) in [5.74, 6) is 0. The zero-order chi connectivity index (χ0) is 12.1. The molecule has 90 valence electrons. The van der Waals surface area contributed by atoms with Crippen molar-refractivity contribution in [3.8, 4) is 0 Å². The van der Waals surface area contributed by atoms with Gasteiger partial charge in [0.15, 0.2) is 0 Å². The molecule has 1 unspecified atom stereocenters. The fourth-order valence-corrected chi connectivity index (χ4v) is 1.40. The summed E-state index contributed by atoms with van der Waals surface area (Å²) >= 11 is 0. The first-order valence-corrected chi connectivity index (χ1v) is 5.47. The van der Waals surface area contributed by atoms with Crippen molar-refractivity contribution in [3.63, 3.8) is 0 Å². The van der Waals surface area contributed by atoms with Gasteiger partial charge in [0.2, 0.25) is 0 Å². The Kier molecular flexibility index (Phi) is 5.65. The molecule has 0 heterocycles. The van der Waals surface area contributed by atoms with E-state index in [1.54, 1.807) is 0 Å². The van der Waals surface area contributed by atoms with Crippen LogP contribution in [0.2, 0.25) is 0 Å². The maximum atomic E-state index is 11.4. The molecular formula is C11H24N2O2. The Morgan fingerprint density at radius 1 is 1.40 bits per heavy atom. The minimum atomic E-state index is -0.439. The number of carbonyl (C=O) groups excluding carboxylic acids is 1. The lowest BCUT2D eigenvalue weighted by Crippen LogP contribution is -2.48. The Bertz CT molecular complexity index is 195. The quantitative estimate of drug-likeness (QED) is 0.754. The first kappa shape index (κ1) is 14.2. The summed E-state index contributed by atoms with van der Waals surface area (Å²) in [4.78, 5) is 11.4. The van der Waals surface area contributed by atoms with Gasteiger partial charge in [0, 0.05) is 12.1 Å². The van der Waals surface area contributed by atoms with E-state index in [0.29, 0.717) is 0 Å². The summed E-state index contributed by atoms with van der Waals surface area (Å²) in [6.45, 7) is 9.61. The molecule has 0 spiro atoms. The van der Waals surface area contributed by atoms with Crippen molar-refractivity contribution in [1.82, 2.24) is 10.6 Å². The minimum absolute atomic E-state index is 0.0647. The van der Waals surface area contributed by atoms with Gasteiger partial charge in [0.05, 0.1) is 0 Å². The standard InChI is InChI=1S/C11H24N2O2/c1-7-9(12-6)8(2)13-10(14)15-11(3,4)5/h8-9,12H,7H2,1-6H3,(H,13,14)/t8-,9?/m0/s1. The van der Waals surface area contributed by atoms with E-state index in [2.05, 4.69) is 17.6 Å². The van der Waals surface area contributed by atoms with Crippen molar-refractivity contribution in [2.75, 3.05) is 7.05 Å². The highest BCUT2D eigenvalue weighted by Crippen LogP contribution is 2.07. The Morgan fingerprint density at radius 2 is 1.93 bits per heavy atom. The molecular weight excluding hydrogens is 192 g/mol. The summed E-state index contributed by atoms with van der Waals surface area (Å²) in [5, 5.41) is 5.96. The van der Waals surface area contributed by atoms with Gasteiger partial charge in [-0.1, -0.05) is 6.92 Å². The Labute approximate surface area is 92.8 Å². The minimum Gasteiger partial charge on any atom is -0.444 e. The molecule has 0 saturated heterocycles. The number of carbonyl (C=O) groups is 1. The molecule has 0 radical (unpaired) electrons. The van der Waals surface area contributed by atoms with Gasteiger partial charge in [0.25, 0.3) is 0 Å². The van der Waals surface area contributed by atoms with E-state index in [4.69, 9.17) is 4.74 Å². The second-order valence-electron chi connectivity index (χ2n) is 4.74. The van der Waals surface area contributed by atoms with Gasteiger partial charge in [-0.25, -0.2) is 4.79 Å². The molecule has 0 bridgehead atoms. The zero-order valence-electron chi connectivity index (χ0n) is 10.7. The van der Waals surface area contributed by atoms with Crippen molar-refractivity contribution in [2.45, 2.75) is 58.7 Å². The van der Waals surface area contributed by atoms with Gasteiger partial charge in [-0.05, 0) is 41.2 Å². The normalized spacial score (nSPS) is 15.6. The van der Waals surface area contributed by atoms with Crippen LogP contribution in [0.1, 0.15) is 41.0 Å². The molecule has 0 aliphatic carbocycles. The van der Waals surface area contributed by atoms with Gasteiger partial charge in [-0.3, -0.25) is 0 Å². The maximum Gasteiger partial charge on any atom is 0.407 e. The second-order valence-corrected chi connectivity index (χ2v) is 4.74. The number of nitrogens with one attached hydrogen (secondary N) is 2. The summed E-state index contributed by atoms with van der Waals surface area (Å²) in [7, 11) is 1.89. The molecule has 2 N–H and O–H groups in total. The topological polar surface area (TPSA) is 50.4 Å². The molecule has 4 heteroatoms. The molecule has 0 rings (SSSR count). The largest absolute Gasteiger partial charge is 0.444 e. The lowest BCUT2D eigenvalue weighted by molar-refractivity contribution is 0.0498. The number of alkyl carbamates (subject to hydrolysis) is 1. The number of hydrogen-bond donors (Lipinski definition) is 2. The lowest BCUT2D eigenvalue weighted by atomic mass is 10.1. The van der Waals surface area contributed by atoms with Gasteiger partial charge >= 0.3 is 6.09 Å². The Hall–Kier alpha value is -0.770. The monoisotopic (exact) mass is 216 g/mol. The van der Waals surface area contributed by atoms with Crippen LogP contribution in [0.15, 0.2) is 0 Å². The van der Waals surface area contributed by atoms with E-state index in [1.807, 2.05) is 34.7 Å². The molecule has 0 aromatic carbocycles. The van der Waals surface area contributed by atoms with E-state index in [1.165, 1.54) is 0 Å². The van der Waals surface area contributed by atoms with Crippen molar-refractivity contribution in [1.29, 1.82) is 0 Å². The van der Waals surface area contributed by atoms with Crippen molar-refractivity contribution in [3.05, 3.63) is 0 Å². The van der Waals surface area contributed by atoms with Crippen LogP contribution in [-0.4, -0.2) is 30.8 Å². The average Bonchev–Trinajstić information content (AvgIpc) is 2.02.